The number of anilines is 2. The number of thiophene rings is 1. The van der Waals surface area contributed by atoms with Crippen LogP contribution in [-0.2, 0) is 11.2 Å². The van der Waals surface area contributed by atoms with E-state index in [-0.39, 0.29) is 17.9 Å². The number of amidine groups is 1. The lowest BCUT2D eigenvalue weighted by Gasteiger charge is -2.40. The summed E-state index contributed by atoms with van der Waals surface area (Å²) in [6.07, 6.45) is 2.12. The number of piperazine rings is 1. The highest BCUT2D eigenvalue weighted by molar-refractivity contribution is 7.18. The van der Waals surface area contributed by atoms with Crippen LogP contribution < -0.4 is 10.2 Å². The Morgan fingerprint density at radius 3 is 2.84 bits per heavy atom. The summed E-state index contributed by atoms with van der Waals surface area (Å²) in [5.41, 5.74) is 0. The zero-order valence-electron chi connectivity index (χ0n) is 19.2. The third-order valence-electron chi connectivity index (χ3n) is 5.89. The van der Waals surface area contributed by atoms with Crippen molar-refractivity contribution in [2.24, 2.45) is 11.0 Å². The normalized spacial score (nSPS) is 18.4. The fourth-order valence-electron chi connectivity index (χ4n) is 4.05. The Bertz CT molecular complexity index is 1070. The summed E-state index contributed by atoms with van der Waals surface area (Å²) >= 11 is 1.73. The molecule has 10 heteroatoms. The van der Waals surface area contributed by atoms with Gasteiger partial charge >= 0.3 is 6.57 Å². The summed E-state index contributed by atoms with van der Waals surface area (Å²) in [5.74, 6) is 2.54. The second-order valence-corrected chi connectivity index (χ2v) is 9.88. The topological polar surface area (TPSA) is 81.3 Å². The molecule has 0 aliphatic carbocycles. The van der Waals surface area contributed by atoms with Crippen LogP contribution in [0.5, 0.6) is 0 Å². The van der Waals surface area contributed by atoms with Crippen molar-refractivity contribution in [3.05, 3.63) is 15.9 Å². The van der Waals surface area contributed by atoms with E-state index in [0.717, 1.165) is 47.8 Å². The number of nitrogens with one attached hydrogen (secondary N) is 1. The van der Waals surface area contributed by atoms with Crippen LogP contribution in [0.3, 0.4) is 0 Å². The van der Waals surface area contributed by atoms with E-state index in [0.29, 0.717) is 25.6 Å². The van der Waals surface area contributed by atoms with Crippen molar-refractivity contribution < 1.29 is 4.79 Å². The Balaban J connectivity index is 1.60. The molecule has 2 saturated heterocycles. The minimum atomic E-state index is 0.0200. The van der Waals surface area contributed by atoms with Crippen LogP contribution in [0.2, 0.25) is 0 Å². The molecule has 4 heterocycles. The fourth-order valence-corrected chi connectivity index (χ4v) is 5.18. The minimum Gasteiger partial charge on any atom is -0.354 e. The first kappa shape index (κ1) is 22.3. The molecular weight excluding hydrogens is 424 g/mol. The minimum absolute atomic E-state index is 0.0200. The summed E-state index contributed by atoms with van der Waals surface area (Å²) in [7, 11) is 1.99. The van der Waals surface area contributed by atoms with E-state index in [4.69, 9.17) is 16.5 Å². The Labute approximate surface area is 192 Å². The van der Waals surface area contributed by atoms with E-state index in [2.05, 4.69) is 38.2 Å². The molecule has 0 aromatic carbocycles. The van der Waals surface area contributed by atoms with E-state index in [9.17, 15) is 4.79 Å². The summed E-state index contributed by atoms with van der Waals surface area (Å²) in [4.78, 5) is 33.8. The van der Waals surface area contributed by atoms with Gasteiger partial charge in [0.25, 0.3) is 0 Å². The molecular formula is C22H31N8OS+. The molecule has 32 heavy (non-hydrogen) atoms. The monoisotopic (exact) mass is 455 g/mol. The highest BCUT2D eigenvalue weighted by atomic mass is 32.1. The Morgan fingerprint density at radius 1 is 1.38 bits per heavy atom. The Kier molecular flexibility index (Phi) is 6.46. The number of likely N-dealkylation sites (N-methyl/N-ethyl adjacent to an activating group) is 1. The molecule has 2 aliphatic rings. The molecule has 2 aromatic heterocycles. The Morgan fingerprint density at radius 2 is 2.16 bits per heavy atom. The van der Waals surface area contributed by atoms with Crippen LogP contribution in [0.25, 0.3) is 15.2 Å². The predicted octanol–water partition coefficient (Wildman–Crippen LogP) is 2.95. The van der Waals surface area contributed by atoms with Gasteiger partial charge in [0.1, 0.15) is 20.7 Å². The number of rotatable bonds is 6. The van der Waals surface area contributed by atoms with E-state index in [1.807, 2.05) is 25.8 Å². The lowest BCUT2D eigenvalue weighted by atomic mass is 10.1. The zero-order valence-corrected chi connectivity index (χ0v) is 20.0. The molecule has 0 bridgehead atoms. The van der Waals surface area contributed by atoms with Crippen molar-refractivity contribution in [1.82, 2.24) is 19.8 Å². The average Bonchev–Trinajstić information content (AvgIpc) is 3.13. The number of hydrogen-bond acceptors (Lipinski definition) is 7. The quantitative estimate of drug-likeness (QED) is 0.675. The largest absolute Gasteiger partial charge is 0.354 e. The molecule has 4 rings (SSSR count). The van der Waals surface area contributed by atoms with Crippen LogP contribution in [0.15, 0.2) is 11.2 Å². The van der Waals surface area contributed by atoms with E-state index in [1.54, 1.807) is 11.3 Å². The van der Waals surface area contributed by atoms with Gasteiger partial charge in [-0.15, -0.1) is 11.3 Å². The molecule has 1 N–H and O–H groups in total. The maximum absolute atomic E-state index is 12.2. The fraction of sp³-hybridized carbons (Fsp3) is 0.591. The molecule has 0 unspecified atom stereocenters. The van der Waals surface area contributed by atoms with Gasteiger partial charge in [-0.3, -0.25) is 4.79 Å². The molecule has 0 spiro atoms. The van der Waals surface area contributed by atoms with Crippen molar-refractivity contribution in [1.29, 1.82) is 0 Å². The zero-order chi connectivity index (χ0) is 22.8. The third-order valence-corrected chi connectivity index (χ3v) is 6.98. The SMILES string of the molecule is C#[N+]N=C1CN(c2nc(NC3CN(C(=O)C(C)C)C3)nc3sc(CCC)cc23)CCN1C. The van der Waals surface area contributed by atoms with Crippen molar-refractivity contribution in [2.75, 3.05) is 50.0 Å². The Hall–Kier alpha value is -2.93. The smallest absolute Gasteiger partial charge is 0.307 e. The van der Waals surface area contributed by atoms with Crippen LogP contribution in [-0.4, -0.2) is 77.3 Å². The van der Waals surface area contributed by atoms with Crippen LogP contribution in [0.1, 0.15) is 32.1 Å². The highest BCUT2D eigenvalue weighted by Gasteiger charge is 2.33. The number of aryl methyl sites for hydroxylation is 1. The number of fused-ring (bicyclic) bond motifs is 1. The van der Waals surface area contributed by atoms with Crippen molar-refractivity contribution >= 4 is 45.1 Å². The maximum Gasteiger partial charge on any atom is 0.307 e. The number of carbonyl (C=O) groups excluding carboxylic acids is 1. The van der Waals surface area contributed by atoms with Crippen LogP contribution >= 0.6 is 11.3 Å². The van der Waals surface area contributed by atoms with Crippen molar-refractivity contribution in [2.45, 2.75) is 39.7 Å². The van der Waals surface area contributed by atoms with Gasteiger partial charge in [0.2, 0.25) is 17.7 Å². The third kappa shape index (κ3) is 4.48. The first-order valence-electron chi connectivity index (χ1n) is 11.2. The summed E-state index contributed by atoms with van der Waals surface area (Å²) in [6.45, 7) is 15.0. The molecule has 2 aliphatic heterocycles. The highest BCUT2D eigenvalue weighted by Crippen LogP contribution is 2.33. The van der Waals surface area contributed by atoms with Gasteiger partial charge in [0.15, 0.2) is 0 Å². The molecule has 2 fully saturated rings. The molecule has 170 valence electrons. The second kappa shape index (κ2) is 9.28. The molecule has 9 nitrogen and oxygen atoms in total. The van der Waals surface area contributed by atoms with Gasteiger partial charge in [-0.25, -0.2) is 4.98 Å². The van der Waals surface area contributed by atoms with Gasteiger partial charge in [0.05, 0.1) is 18.0 Å². The number of amides is 1. The number of nitrogens with zero attached hydrogens (tertiary/aromatic N) is 7. The molecule has 0 saturated carbocycles. The van der Waals surface area contributed by atoms with Gasteiger partial charge in [0, 0.05) is 44.0 Å². The lowest BCUT2D eigenvalue weighted by Crippen LogP contribution is -2.58. The predicted molar refractivity (Wildman–Crippen MR) is 131 cm³/mol. The summed E-state index contributed by atoms with van der Waals surface area (Å²) in [6, 6.07) is 2.39. The number of hydrogen-bond donors (Lipinski definition) is 1. The first-order chi connectivity index (χ1) is 15.4. The van der Waals surface area contributed by atoms with E-state index in [1.165, 1.54) is 4.88 Å². The molecule has 0 atom stereocenters. The van der Waals surface area contributed by atoms with Gasteiger partial charge < -0.3 is 20.0 Å². The number of aromatic nitrogens is 2. The molecule has 0 radical (unpaired) electrons. The van der Waals surface area contributed by atoms with Crippen molar-refractivity contribution in [3.8, 4) is 6.57 Å². The summed E-state index contributed by atoms with van der Waals surface area (Å²) in [5, 5.41) is 8.61. The average molecular weight is 456 g/mol. The van der Waals surface area contributed by atoms with Crippen molar-refractivity contribution in [3.63, 3.8) is 0 Å². The maximum atomic E-state index is 12.2. The number of carbonyl (C=O) groups is 1. The van der Waals surface area contributed by atoms with Gasteiger partial charge in [-0.05, 0) is 12.5 Å². The van der Waals surface area contributed by atoms with E-state index < -0.39 is 0 Å². The second-order valence-electron chi connectivity index (χ2n) is 8.77. The van der Waals surface area contributed by atoms with Crippen LogP contribution in [0, 0.1) is 12.5 Å². The molecule has 1 amide bonds. The first-order valence-corrected chi connectivity index (χ1v) is 12.0. The lowest BCUT2D eigenvalue weighted by molar-refractivity contribution is -0.138. The summed E-state index contributed by atoms with van der Waals surface area (Å²) < 4.78 is 0. The van der Waals surface area contributed by atoms with Gasteiger partial charge in [-0.1, -0.05) is 27.2 Å². The van der Waals surface area contributed by atoms with Crippen LogP contribution in [0.4, 0.5) is 11.8 Å². The standard InChI is InChI=1S/C22H31N8OS/c1-6-7-16-10-17-19(29-9-8-28(5)18(13-29)27-23-4)25-22(26-20(17)32-16)24-15-11-30(12-15)21(31)14(2)3/h4,10,14-15H,6-9,11-13H2,1-3,5H3,(H,24,25,26)/q+1. The van der Waals surface area contributed by atoms with E-state index >= 15 is 0 Å². The number of likely N-dealkylation sites (tertiary alicyclic amines) is 1. The van der Waals surface area contributed by atoms with Gasteiger partial charge in [-0.2, -0.15) is 4.98 Å². The molecule has 2 aromatic rings.